The SMILES string of the molecule is CC(=O)CCCCCCC(=O)NCCNS(=O)(=O)OC[C@@]12OC[C@H]3OC(C)(C)O[C@H]3[C@@H]1OC(C)(C)O2. The van der Waals surface area contributed by atoms with Crippen LogP contribution in [0.3, 0.4) is 0 Å². The zero-order chi connectivity index (χ0) is 26.6. The summed E-state index contributed by atoms with van der Waals surface area (Å²) in [5.74, 6) is -3.35. The number of ether oxygens (including phenoxy) is 5. The van der Waals surface area contributed by atoms with Gasteiger partial charge in [0, 0.05) is 25.9 Å². The fraction of sp³-hybridized carbons (Fsp3) is 0.913. The number of hydrogen-bond acceptors (Lipinski definition) is 10. The second kappa shape index (κ2) is 11.7. The van der Waals surface area contributed by atoms with E-state index < -0.39 is 46.5 Å². The highest BCUT2D eigenvalue weighted by Gasteiger charge is 2.65. The Hall–Kier alpha value is -1.19. The first kappa shape index (κ1) is 29.4. The molecule has 0 unspecified atom stereocenters. The third-order valence-electron chi connectivity index (χ3n) is 6.10. The van der Waals surface area contributed by atoms with Gasteiger partial charge in [0.25, 0.3) is 0 Å². The molecule has 13 heteroatoms. The summed E-state index contributed by atoms with van der Waals surface area (Å²) in [6, 6.07) is 0. The summed E-state index contributed by atoms with van der Waals surface area (Å²) in [5.41, 5.74) is 0. The second-order valence-electron chi connectivity index (χ2n) is 10.4. The summed E-state index contributed by atoms with van der Waals surface area (Å²) in [6.45, 7) is 8.31. The van der Waals surface area contributed by atoms with Crippen molar-refractivity contribution in [3.63, 3.8) is 0 Å². The molecule has 12 nitrogen and oxygen atoms in total. The van der Waals surface area contributed by atoms with Crippen molar-refractivity contribution in [3.05, 3.63) is 0 Å². The highest BCUT2D eigenvalue weighted by atomic mass is 32.2. The van der Waals surface area contributed by atoms with Gasteiger partial charge in [-0.3, -0.25) is 8.98 Å². The van der Waals surface area contributed by atoms with E-state index in [4.69, 9.17) is 27.9 Å². The lowest BCUT2D eigenvalue weighted by molar-refractivity contribution is -0.290. The van der Waals surface area contributed by atoms with Crippen molar-refractivity contribution in [1.82, 2.24) is 10.0 Å². The average Bonchev–Trinajstić information content (AvgIpc) is 3.23. The Bertz CT molecular complexity index is 893. The third kappa shape index (κ3) is 8.15. The molecule has 0 saturated carbocycles. The van der Waals surface area contributed by atoms with Gasteiger partial charge in [0.15, 0.2) is 11.6 Å². The largest absolute Gasteiger partial charge is 0.355 e. The van der Waals surface area contributed by atoms with E-state index in [-0.39, 0.29) is 37.5 Å². The van der Waals surface area contributed by atoms with E-state index in [2.05, 4.69) is 10.0 Å². The summed E-state index contributed by atoms with van der Waals surface area (Å²) in [5, 5.41) is 2.67. The van der Waals surface area contributed by atoms with E-state index in [9.17, 15) is 18.0 Å². The van der Waals surface area contributed by atoms with Crippen LogP contribution in [0, 0.1) is 0 Å². The molecular formula is C23H40N2O10S. The number of unbranched alkanes of at least 4 members (excludes halogenated alkanes) is 3. The van der Waals surface area contributed by atoms with Crippen molar-refractivity contribution in [2.75, 3.05) is 26.3 Å². The monoisotopic (exact) mass is 536 g/mol. The summed E-state index contributed by atoms with van der Waals surface area (Å²) >= 11 is 0. The van der Waals surface area contributed by atoms with E-state index in [0.29, 0.717) is 19.3 Å². The summed E-state index contributed by atoms with van der Waals surface area (Å²) in [4.78, 5) is 22.8. The molecule has 3 aliphatic rings. The predicted octanol–water partition coefficient (Wildman–Crippen LogP) is 1.28. The molecule has 36 heavy (non-hydrogen) atoms. The Morgan fingerprint density at radius 3 is 2.33 bits per heavy atom. The molecule has 2 N–H and O–H groups in total. The molecule has 0 aromatic carbocycles. The quantitative estimate of drug-likeness (QED) is 0.311. The summed E-state index contributed by atoms with van der Waals surface area (Å²) < 4.78 is 62.1. The van der Waals surface area contributed by atoms with Gasteiger partial charge in [-0.15, -0.1) is 0 Å². The number of rotatable bonds is 14. The van der Waals surface area contributed by atoms with E-state index >= 15 is 0 Å². The zero-order valence-corrected chi connectivity index (χ0v) is 22.6. The van der Waals surface area contributed by atoms with Crippen molar-refractivity contribution >= 4 is 22.0 Å². The number of carbonyl (C=O) groups excluding carboxylic acids is 2. The molecule has 3 heterocycles. The van der Waals surface area contributed by atoms with Crippen molar-refractivity contribution in [3.8, 4) is 0 Å². The van der Waals surface area contributed by atoms with Gasteiger partial charge in [-0.25, -0.2) is 0 Å². The number of ketones is 1. The molecule has 4 atom stereocenters. The topological polar surface area (TPSA) is 148 Å². The van der Waals surface area contributed by atoms with Gasteiger partial charge in [-0.2, -0.15) is 13.1 Å². The zero-order valence-electron chi connectivity index (χ0n) is 21.8. The lowest BCUT2D eigenvalue weighted by atomic mass is 9.98. The van der Waals surface area contributed by atoms with Crippen LogP contribution in [-0.4, -0.2) is 82.1 Å². The first-order valence-electron chi connectivity index (χ1n) is 12.5. The van der Waals surface area contributed by atoms with Crippen LogP contribution < -0.4 is 10.0 Å². The van der Waals surface area contributed by atoms with Crippen LogP contribution in [0.15, 0.2) is 0 Å². The van der Waals surface area contributed by atoms with Crippen LogP contribution in [0.5, 0.6) is 0 Å². The highest BCUT2D eigenvalue weighted by Crippen LogP contribution is 2.47. The van der Waals surface area contributed by atoms with E-state index in [1.54, 1.807) is 34.6 Å². The van der Waals surface area contributed by atoms with Crippen LogP contribution in [0.25, 0.3) is 0 Å². The van der Waals surface area contributed by atoms with Gasteiger partial charge in [-0.1, -0.05) is 12.8 Å². The van der Waals surface area contributed by atoms with Crippen molar-refractivity contribution in [2.24, 2.45) is 0 Å². The van der Waals surface area contributed by atoms with E-state index in [0.717, 1.165) is 19.3 Å². The Balaban J connectivity index is 1.40. The molecule has 0 bridgehead atoms. The van der Waals surface area contributed by atoms with Crippen LogP contribution >= 0.6 is 0 Å². The molecule has 0 aromatic heterocycles. The Kier molecular flexibility index (Phi) is 9.53. The van der Waals surface area contributed by atoms with Gasteiger partial charge < -0.3 is 33.8 Å². The Morgan fingerprint density at radius 2 is 1.64 bits per heavy atom. The second-order valence-corrected chi connectivity index (χ2v) is 11.8. The van der Waals surface area contributed by atoms with E-state index in [1.165, 1.54) is 0 Å². The molecule has 3 fully saturated rings. The molecule has 0 radical (unpaired) electrons. The number of nitrogens with one attached hydrogen (secondary N) is 2. The summed E-state index contributed by atoms with van der Waals surface area (Å²) in [7, 11) is -4.16. The highest BCUT2D eigenvalue weighted by molar-refractivity contribution is 7.84. The fourth-order valence-electron chi connectivity index (χ4n) is 4.63. The predicted molar refractivity (Wildman–Crippen MR) is 127 cm³/mol. The number of hydrogen-bond donors (Lipinski definition) is 2. The molecule has 0 aliphatic carbocycles. The minimum Gasteiger partial charge on any atom is -0.355 e. The molecule has 208 valence electrons. The maximum absolute atomic E-state index is 12.4. The molecular weight excluding hydrogens is 496 g/mol. The maximum Gasteiger partial charge on any atom is 0.336 e. The third-order valence-corrected chi connectivity index (χ3v) is 7.08. The van der Waals surface area contributed by atoms with Crippen LogP contribution in [0.4, 0.5) is 0 Å². The fourth-order valence-corrected chi connectivity index (χ4v) is 5.38. The van der Waals surface area contributed by atoms with E-state index in [1.807, 2.05) is 0 Å². The van der Waals surface area contributed by atoms with Crippen LogP contribution in [0.1, 0.15) is 73.1 Å². The van der Waals surface area contributed by atoms with Crippen molar-refractivity contribution < 1.29 is 45.9 Å². The Morgan fingerprint density at radius 1 is 0.944 bits per heavy atom. The van der Waals surface area contributed by atoms with Crippen molar-refractivity contribution in [1.29, 1.82) is 0 Å². The van der Waals surface area contributed by atoms with Gasteiger partial charge in [0.05, 0.1) is 6.61 Å². The molecule has 1 amide bonds. The lowest BCUT2D eigenvalue weighted by Crippen LogP contribution is -2.60. The van der Waals surface area contributed by atoms with Gasteiger partial charge in [0.1, 0.15) is 30.7 Å². The Labute approximate surface area is 213 Å². The number of amides is 1. The van der Waals surface area contributed by atoms with Gasteiger partial charge in [0.2, 0.25) is 11.7 Å². The van der Waals surface area contributed by atoms with Crippen molar-refractivity contribution in [2.45, 2.75) is 109 Å². The number of fused-ring (bicyclic) bond motifs is 3. The molecule has 3 rings (SSSR count). The minimum absolute atomic E-state index is 0.0390. The average molecular weight is 537 g/mol. The molecule has 3 aliphatic heterocycles. The standard InChI is InChI=1S/C23H40N2O10S/c1-16(26)10-8-6-7-9-11-18(27)24-12-13-25-36(28,29)31-15-23-20(34-22(4,5)35-23)19-17(14-30-23)32-21(2,3)33-19/h17,19-20,25H,6-15H2,1-5H3,(H,24,27)/t17-,19-,20+,23+/m1/s1. The normalized spacial score (nSPS) is 30.5. The van der Waals surface area contributed by atoms with Crippen LogP contribution in [0.2, 0.25) is 0 Å². The maximum atomic E-state index is 12.4. The first-order chi connectivity index (χ1) is 16.7. The molecule has 0 aromatic rings. The molecule has 3 saturated heterocycles. The van der Waals surface area contributed by atoms with Gasteiger partial charge >= 0.3 is 10.3 Å². The number of Topliss-reactive ketones (excluding diaryl/α,β-unsaturated/α-hetero) is 1. The number of carbonyl (C=O) groups is 2. The minimum atomic E-state index is -4.16. The summed E-state index contributed by atoms with van der Waals surface area (Å²) in [6.07, 6.45) is 2.58. The lowest BCUT2D eigenvalue weighted by Gasteiger charge is -2.40. The first-order valence-corrected chi connectivity index (χ1v) is 13.9. The smallest absolute Gasteiger partial charge is 0.336 e. The van der Waals surface area contributed by atoms with Crippen LogP contribution in [-0.2, 0) is 47.8 Å². The molecule has 0 spiro atoms. The van der Waals surface area contributed by atoms with Gasteiger partial charge in [-0.05, 0) is 47.5 Å².